The predicted molar refractivity (Wildman–Crippen MR) is 85.1 cm³/mol. The van der Waals surface area contributed by atoms with Crippen LogP contribution >= 0.6 is 22.6 Å². The maximum absolute atomic E-state index is 3.42. The summed E-state index contributed by atoms with van der Waals surface area (Å²) in [5.74, 6) is 0.726. The minimum atomic E-state index is 0.726. The molecule has 0 spiro atoms. The zero-order valence-electron chi connectivity index (χ0n) is 10.9. The average molecular weight is 354 g/mol. The molecule has 3 heteroatoms. The fraction of sp³-hybridized carbons (Fsp3) is 0.467. The van der Waals surface area contributed by atoms with Crippen molar-refractivity contribution in [1.29, 1.82) is 0 Å². The summed E-state index contributed by atoms with van der Waals surface area (Å²) in [4.78, 5) is 5.79. The van der Waals surface area contributed by atoms with Crippen LogP contribution in [0.4, 0.5) is 0 Å². The van der Waals surface area contributed by atoms with Crippen LogP contribution in [0.1, 0.15) is 30.7 Å². The molecule has 2 nitrogen and oxygen atoms in total. The Morgan fingerprint density at radius 1 is 1.28 bits per heavy atom. The van der Waals surface area contributed by atoms with Gasteiger partial charge in [0.15, 0.2) is 0 Å². The smallest absolute Gasteiger partial charge is 0.0457 e. The lowest BCUT2D eigenvalue weighted by Gasteiger charge is -2.18. The van der Waals surface area contributed by atoms with E-state index < -0.39 is 0 Å². The third-order valence-electron chi connectivity index (χ3n) is 4.25. The van der Waals surface area contributed by atoms with Gasteiger partial charge in [-0.15, -0.1) is 0 Å². The molecule has 0 saturated heterocycles. The summed E-state index contributed by atoms with van der Waals surface area (Å²) < 4.78 is 1.32. The quantitative estimate of drug-likeness (QED) is 0.809. The monoisotopic (exact) mass is 354 g/mol. The molecule has 1 heterocycles. The van der Waals surface area contributed by atoms with Crippen LogP contribution in [0.15, 0.2) is 24.4 Å². The number of halogens is 1. The molecule has 2 unspecified atom stereocenters. The van der Waals surface area contributed by atoms with Gasteiger partial charge in [0.1, 0.15) is 0 Å². The summed E-state index contributed by atoms with van der Waals surface area (Å²) in [5, 5.41) is 1.42. The SMILES string of the molecule is CN(C)C1CCC(c2c[nH]c3ccc(I)cc23)C1. The van der Waals surface area contributed by atoms with Crippen molar-refractivity contribution in [3.8, 4) is 0 Å². The first-order chi connectivity index (χ1) is 8.65. The fourth-order valence-corrected chi connectivity index (χ4v) is 3.65. The van der Waals surface area contributed by atoms with Gasteiger partial charge in [-0.05, 0) is 85.6 Å². The molecular weight excluding hydrogens is 335 g/mol. The van der Waals surface area contributed by atoms with Crippen LogP contribution in [0.2, 0.25) is 0 Å². The number of fused-ring (bicyclic) bond motifs is 1. The van der Waals surface area contributed by atoms with Gasteiger partial charge in [-0.25, -0.2) is 0 Å². The maximum atomic E-state index is 3.42. The van der Waals surface area contributed by atoms with Gasteiger partial charge in [0.25, 0.3) is 0 Å². The van der Waals surface area contributed by atoms with Crippen molar-refractivity contribution in [3.05, 3.63) is 33.5 Å². The van der Waals surface area contributed by atoms with E-state index in [9.17, 15) is 0 Å². The highest BCUT2D eigenvalue weighted by atomic mass is 127. The molecule has 1 aliphatic rings. The molecule has 0 radical (unpaired) electrons. The summed E-state index contributed by atoms with van der Waals surface area (Å²) >= 11 is 2.40. The second kappa shape index (κ2) is 4.85. The molecule has 1 saturated carbocycles. The van der Waals surface area contributed by atoms with Gasteiger partial charge in [-0.1, -0.05) is 0 Å². The van der Waals surface area contributed by atoms with Crippen molar-refractivity contribution in [1.82, 2.24) is 9.88 Å². The lowest BCUT2D eigenvalue weighted by molar-refractivity contribution is 0.297. The third-order valence-corrected chi connectivity index (χ3v) is 4.92. The van der Waals surface area contributed by atoms with E-state index in [2.05, 4.69) is 71.0 Å². The second-order valence-corrected chi connectivity index (χ2v) is 6.81. The van der Waals surface area contributed by atoms with Gasteiger partial charge in [0.05, 0.1) is 0 Å². The summed E-state index contributed by atoms with van der Waals surface area (Å²) in [6.07, 6.45) is 6.17. The van der Waals surface area contributed by atoms with E-state index in [0.29, 0.717) is 0 Å². The Hall–Kier alpha value is -0.550. The summed E-state index contributed by atoms with van der Waals surface area (Å²) in [6.45, 7) is 0. The first-order valence-electron chi connectivity index (χ1n) is 6.58. The Morgan fingerprint density at radius 3 is 2.83 bits per heavy atom. The number of rotatable bonds is 2. The van der Waals surface area contributed by atoms with Gasteiger partial charge in [-0.3, -0.25) is 0 Å². The number of benzene rings is 1. The van der Waals surface area contributed by atoms with E-state index in [1.165, 1.54) is 39.3 Å². The van der Waals surface area contributed by atoms with Crippen molar-refractivity contribution in [2.24, 2.45) is 0 Å². The molecule has 1 aliphatic carbocycles. The molecule has 0 amide bonds. The first kappa shape index (κ1) is 12.5. The lowest BCUT2D eigenvalue weighted by Crippen LogP contribution is -2.24. The van der Waals surface area contributed by atoms with Crippen LogP contribution < -0.4 is 0 Å². The zero-order valence-corrected chi connectivity index (χ0v) is 13.1. The number of hydrogen-bond acceptors (Lipinski definition) is 1. The topological polar surface area (TPSA) is 19.0 Å². The Balaban J connectivity index is 1.93. The molecule has 2 atom stereocenters. The van der Waals surface area contributed by atoms with Gasteiger partial charge in [0.2, 0.25) is 0 Å². The molecule has 0 bridgehead atoms. The number of nitrogens with one attached hydrogen (secondary N) is 1. The van der Waals surface area contributed by atoms with E-state index in [0.717, 1.165) is 12.0 Å². The van der Waals surface area contributed by atoms with Crippen LogP contribution in [-0.4, -0.2) is 30.0 Å². The van der Waals surface area contributed by atoms with Gasteiger partial charge in [0, 0.05) is 26.7 Å². The number of nitrogens with zero attached hydrogens (tertiary/aromatic N) is 1. The molecule has 1 fully saturated rings. The zero-order chi connectivity index (χ0) is 12.7. The van der Waals surface area contributed by atoms with E-state index in [1.54, 1.807) is 0 Å². The molecule has 0 aliphatic heterocycles. The third kappa shape index (κ3) is 2.18. The Morgan fingerprint density at radius 2 is 2.11 bits per heavy atom. The van der Waals surface area contributed by atoms with Crippen molar-refractivity contribution in [2.75, 3.05) is 14.1 Å². The highest BCUT2D eigenvalue weighted by Gasteiger charge is 2.28. The van der Waals surface area contributed by atoms with Gasteiger partial charge >= 0.3 is 0 Å². The molecule has 18 heavy (non-hydrogen) atoms. The Bertz CT molecular complexity index is 559. The van der Waals surface area contributed by atoms with Crippen molar-refractivity contribution in [2.45, 2.75) is 31.2 Å². The first-order valence-corrected chi connectivity index (χ1v) is 7.66. The summed E-state index contributed by atoms with van der Waals surface area (Å²) in [5.41, 5.74) is 2.80. The minimum absolute atomic E-state index is 0.726. The van der Waals surface area contributed by atoms with Crippen molar-refractivity contribution < 1.29 is 0 Å². The standard InChI is InChI=1S/C15H19IN2/c1-18(2)12-5-3-10(7-12)14-9-17-15-6-4-11(16)8-13(14)15/h4,6,8-10,12,17H,3,5,7H2,1-2H3. The molecule has 2 aromatic rings. The minimum Gasteiger partial charge on any atom is -0.361 e. The van der Waals surface area contributed by atoms with Crippen molar-refractivity contribution in [3.63, 3.8) is 0 Å². The number of aromatic nitrogens is 1. The highest BCUT2D eigenvalue weighted by Crippen LogP contribution is 2.39. The second-order valence-electron chi connectivity index (χ2n) is 5.56. The van der Waals surface area contributed by atoms with Crippen LogP contribution in [-0.2, 0) is 0 Å². The Kier molecular flexibility index (Phi) is 3.36. The molecule has 1 aromatic carbocycles. The van der Waals surface area contributed by atoms with E-state index >= 15 is 0 Å². The van der Waals surface area contributed by atoms with Gasteiger partial charge < -0.3 is 9.88 Å². The predicted octanol–water partition coefficient (Wildman–Crippen LogP) is 3.97. The molecular formula is C15H19IN2. The highest BCUT2D eigenvalue weighted by molar-refractivity contribution is 14.1. The fourth-order valence-electron chi connectivity index (χ4n) is 3.16. The Labute approximate surface area is 122 Å². The molecule has 96 valence electrons. The number of aromatic amines is 1. The van der Waals surface area contributed by atoms with Crippen LogP contribution in [0.25, 0.3) is 10.9 Å². The number of hydrogen-bond donors (Lipinski definition) is 1. The van der Waals surface area contributed by atoms with Crippen LogP contribution in [0.3, 0.4) is 0 Å². The van der Waals surface area contributed by atoms with E-state index in [1.807, 2.05) is 0 Å². The number of H-pyrrole nitrogens is 1. The molecule has 1 aromatic heterocycles. The van der Waals surface area contributed by atoms with Crippen LogP contribution in [0.5, 0.6) is 0 Å². The molecule has 1 N–H and O–H groups in total. The molecule has 3 rings (SSSR count). The van der Waals surface area contributed by atoms with Gasteiger partial charge in [-0.2, -0.15) is 0 Å². The normalized spacial score (nSPS) is 24.2. The van der Waals surface area contributed by atoms with E-state index in [-0.39, 0.29) is 0 Å². The summed E-state index contributed by atoms with van der Waals surface area (Å²) in [6, 6.07) is 7.42. The average Bonchev–Trinajstić information content (AvgIpc) is 2.93. The lowest BCUT2D eigenvalue weighted by atomic mass is 9.97. The van der Waals surface area contributed by atoms with Crippen molar-refractivity contribution >= 4 is 33.5 Å². The van der Waals surface area contributed by atoms with E-state index in [4.69, 9.17) is 0 Å². The van der Waals surface area contributed by atoms with Crippen LogP contribution in [0, 0.1) is 3.57 Å². The summed E-state index contributed by atoms with van der Waals surface area (Å²) in [7, 11) is 4.40. The largest absolute Gasteiger partial charge is 0.361 e. The maximum Gasteiger partial charge on any atom is 0.0457 e.